The molecule has 1 aromatic carbocycles. The topological polar surface area (TPSA) is 93.6 Å². The highest BCUT2D eigenvalue weighted by Gasteiger charge is 2.39. The summed E-state index contributed by atoms with van der Waals surface area (Å²) in [6.45, 7) is 0. The summed E-state index contributed by atoms with van der Waals surface area (Å²) in [5, 5.41) is 12.8. The molecule has 0 amide bonds. The summed E-state index contributed by atoms with van der Waals surface area (Å²) in [7, 11) is 3.12. The summed E-state index contributed by atoms with van der Waals surface area (Å²) in [4.78, 5) is 20.7. The average Bonchev–Trinajstić information content (AvgIpc) is 2.61. The average molecular weight is 331 g/mol. The molecule has 1 fully saturated rings. The van der Waals surface area contributed by atoms with Gasteiger partial charge in [-0.05, 0) is 12.8 Å². The summed E-state index contributed by atoms with van der Waals surface area (Å²) in [5.74, 6) is 0.756. The first-order chi connectivity index (χ1) is 11.6. The van der Waals surface area contributed by atoms with Crippen molar-refractivity contribution in [1.29, 1.82) is 0 Å². The summed E-state index contributed by atoms with van der Waals surface area (Å²) in [6.07, 6.45) is 5.60. The zero-order chi connectivity index (χ0) is 17.2. The fraction of sp³-hybridized carbons (Fsp3) is 0.471. The highest BCUT2D eigenvalue weighted by atomic mass is 16.5. The van der Waals surface area contributed by atoms with Crippen molar-refractivity contribution >= 4 is 22.8 Å². The van der Waals surface area contributed by atoms with Crippen LogP contribution in [-0.2, 0) is 4.79 Å². The van der Waals surface area contributed by atoms with Gasteiger partial charge in [0, 0.05) is 12.1 Å². The lowest BCUT2D eigenvalue weighted by Gasteiger charge is -2.34. The molecule has 0 saturated heterocycles. The number of rotatable bonds is 5. The smallest absolute Gasteiger partial charge is 0.329 e. The van der Waals surface area contributed by atoms with E-state index in [2.05, 4.69) is 15.3 Å². The van der Waals surface area contributed by atoms with E-state index in [9.17, 15) is 9.90 Å². The van der Waals surface area contributed by atoms with Gasteiger partial charge >= 0.3 is 5.97 Å². The number of nitrogens with one attached hydrogen (secondary N) is 1. The van der Waals surface area contributed by atoms with E-state index < -0.39 is 11.5 Å². The Morgan fingerprint density at radius 3 is 2.33 bits per heavy atom. The third kappa shape index (κ3) is 2.93. The molecule has 3 rings (SSSR count). The second-order valence-electron chi connectivity index (χ2n) is 6.02. The number of carbonyl (C=O) groups is 1. The molecule has 1 aliphatic carbocycles. The Kier molecular flexibility index (Phi) is 4.42. The number of carboxylic acids is 1. The van der Waals surface area contributed by atoms with Gasteiger partial charge in [-0.2, -0.15) is 0 Å². The van der Waals surface area contributed by atoms with Crippen molar-refractivity contribution in [2.45, 2.75) is 37.6 Å². The highest BCUT2D eigenvalue weighted by Crippen LogP contribution is 2.33. The third-order valence-electron chi connectivity index (χ3n) is 4.53. The minimum absolute atomic E-state index is 0.457. The fourth-order valence-corrected chi connectivity index (χ4v) is 3.19. The van der Waals surface area contributed by atoms with Crippen LogP contribution < -0.4 is 14.8 Å². The first-order valence-electron chi connectivity index (χ1n) is 7.98. The van der Waals surface area contributed by atoms with Gasteiger partial charge in [0.25, 0.3) is 0 Å². The van der Waals surface area contributed by atoms with E-state index in [0.29, 0.717) is 41.2 Å². The number of aromatic nitrogens is 2. The second kappa shape index (κ2) is 6.51. The maximum absolute atomic E-state index is 11.8. The number of hydrogen-bond acceptors (Lipinski definition) is 6. The van der Waals surface area contributed by atoms with Crippen LogP contribution in [-0.4, -0.2) is 40.8 Å². The summed E-state index contributed by atoms with van der Waals surface area (Å²) >= 11 is 0. The van der Waals surface area contributed by atoms with Crippen LogP contribution in [0.3, 0.4) is 0 Å². The van der Waals surface area contributed by atoms with E-state index in [1.807, 2.05) is 0 Å². The predicted octanol–water partition coefficient (Wildman–Crippen LogP) is 2.85. The number of carboxylic acid groups (broad SMARTS) is 1. The van der Waals surface area contributed by atoms with Gasteiger partial charge in [-0.25, -0.2) is 9.78 Å². The van der Waals surface area contributed by atoms with Gasteiger partial charge in [0.1, 0.15) is 11.4 Å². The summed E-state index contributed by atoms with van der Waals surface area (Å²) in [6, 6.07) is 3.49. The molecule has 2 aromatic rings. The molecule has 1 aliphatic rings. The Labute approximate surface area is 140 Å². The van der Waals surface area contributed by atoms with Crippen LogP contribution in [0.15, 0.2) is 18.3 Å². The minimum Gasteiger partial charge on any atom is -0.493 e. The number of fused-ring (bicyclic) bond motifs is 1. The Morgan fingerprint density at radius 1 is 1.12 bits per heavy atom. The van der Waals surface area contributed by atoms with Gasteiger partial charge in [0.15, 0.2) is 11.5 Å². The molecule has 0 bridgehead atoms. The van der Waals surface area contributed by atoms with Gasteiger partial charge < -0.3 is 19.9 Å². The molecule has 0 aliphatic heterocycles. The number of benzene rings is 1. The Balaban J connectivity index is 1.96. The lowest BCUT2D eigenvalue weighted by Crippen LogP contribution is -2.48. The van der Waals surface area contributed by atoms with Gasteiger partial charge in [-0.3, -0.25) is 4.98 Å². The second-order valence-corrected chi connectivity index (χ2v) is 6.02. The molecule has 2 N–H and O–H groups in total. The molecular formula is C17H21N3O4. The van der Waals surface area contributed by atoms with Crippen molar-refractivity contribution in [3.63, 3.8) is 0 Å². The lowest BCUT2D eigenvalue weighted by atomic mass is 9.81. The SMILES string of the molecule is COc1cc2ncc(NC3(C(=O)O)CCCCC3)nc2cc1OC. The fourth-order valence-electron chi connectivity index (χ4n) is 3.19. The van der Waals surface area contributed by atoms with E-state index in [1.165, 1.54) is 0 Å². The number of hydrogen-bond donors (Lipinski definition) is 2. The molecule has 128 valence electrons. The Hall–Kier alpha value is -2.57. The van der Waals surface area contributed by atoms with Crippen LogP contribution in [0.4, 0.5) is 5.82 Å². The van der Waals surface area contributed by atoms with Gasteiger partial charge in [-0.1, -0.05) is 19.3 Å². The first-order valence-corrected chi connectivity index (χ1v) is 7.98. The standard InChI is InChI=1S/C17H21N3O4/c1-23-13-8-11-12(9-14(13)24-2)19-15(10-18-11)20-17(16(21)22)6-4-3-5-7-17/h8-10H,3-7H2,1-2H3,(H,19,20)(H,21,22). The van der Waals surface area contributed by atoms with Crippen molar-refractivity contribution in [3.05, 3.63) is 18.3 Å². The van der Waals surface area contributed by atoms with Crippen LogP contribution in [0.25, 0.3) is 11.0 Å². The van der Waals surface area contributed by atoms with Crippen LogP contribution in [0.1, 0.15) is 32.1 Å². The van der Waals surface area contributed by atoms with E-state index in [0.717, 1.165) is 19.3 Å². The van der Waals surface area contributed by atoms with E-state index in [-0.39, 0.29) is 0 Å². The molecule has 7 heteroatoms. The number of anilines is 1. The Bertz CT molecular complexity index is 757. The number of nitrogens with zero attached hydrogens (tertiary/aromatic N) is 2. The van der Waals surface area contributed by atoms with E-state index in [1.54, 1.807) is 32.5 Å². The minimum atomic E-state index is -0.961. The predicted molar refractivity (Wildman–Crippen MR) is 89.7 cm³/mol. The van der Waals surface area contributed by atoms with Crippen molar-refractivity contribution < 1.29 is 19.4 Å². The van der Waals surface area contributed by atoms with Crippen LogP contribution >= 0.6 is 0 Å². The van der Waals surface area contributed by atoms with Crippen LogP contribution in [0.5, 0.6) is 11.5 Å². The molecule has 0 spiro atoms. The van der Waals surface area contributed by atoms with Gasteiger partial charge in [0.05, 0.1) is 31.4 Å². The quantitative estimate of drug-likeness (QED) is 0.870. The molecule has 0 unspecified atom stereocenters. The van der Waals surface area contributed by atoms with Crippen LogP contribution in [0, 0.1) is 0 Å². The molecule has 0 radical (unpaired) electrons. The third-order valence-corrected chi connectivity index (χ3v) is 4.53. The van der Waals surface area contributed by atoms with E-state index in [4.69, 9.17) is 9.47 Å². The highest BCUT2D eigenvalue weighted by molar-refractivity contribution is 5.84. The largest absolute Gasteiger partial charge is 0.493 e. The molecule has 7 nitrogen and oxygen atoms in total. The molecular weight excluding hydrogens is 310 g/mol. The zero-order valence-corrected chi connectivity index (χ0v) is 13.8. The Morgan fingerprint density at radius 2 is 1.75 bits per heavy atom. The molecule has 24 heavy (non-hydrogen) atoms. The number of methoxy groups -OCH3 is 2. The monoisotopic (exact) mass is 331 g/mol. The molecule has 1 heterocycles. The number of aliphatic carboxylic acids is 1. The first kappa shape index (κ1) is 16.3. The lowest BCUT2D eigenvalue weighted by molar-refractivity contribution is -0.143. The van der Waals surface area contributed by atoms with Crippen LogP contribution in [0.2, 0.25) is 0 Å². The van der Waals surface area contributed by atoms with Crippen molar-refractivity contribution in [2.75, 3.05) is 19.5 Å². The van der Waals surface area contributed by atoms with E-state index >= 15 is 0 Å². The zero-order valence-electron chi connectivity index (χ0n) is 13.8. The summed E-state index contributed by atoms with van der Waals surface area (Å²) < 4.78 is 10.5. The maximum Gasteiger partial charge on any atom is 0.329 e. The van der Waals surface area contributed by atoms with Gasteiger partial charge in [-0.15, -0.1) is 0 Å². The molecule has 0 atom stereocenters. The summed E-state index contributed by atoms with van der Waals surface area (Å²) in [5.41, 5.74) is 0.317. The normalized spacial score (nSPS) is 16.6. The van der Waals surface area contributed by atoms with Gasteiger partial charge in [0.2, 0.25) is 0 Å². The molecule has 1 saturated carbocycles. The maximum atomic E-state index is 11.8. The molecule has 1 aromatic heterocycles. The van der Waals surface area contributed by atoms with Crippen molar-refractivity contribution in [3.8, 4) is 11.5 Å². The van der Waals surface area contributed by atoms with Crippen molar-refractivity contribution in [2.24, 2.45) is 0 Å². The number of ether oxygens (including phenoxy) is 2. The van der Waals surface area contributed by atoms with Crippen molar-refractivity contribution in [1.82, 2.24) is 9.97 Å².